The first-order valence-corrected chi connectivity index (χ1v) is 10.2. The summed E-state index contributed by atoms with van der Waals surface area (Å²) in [6.07, 6.45) is 0.0797. The van der Waals surface area contributed by atoms with Crippen LogP contribution in [-0.4, -0.2) is 26.4 Å². The molecule has 3 aromatic rings. The van der Waals surface area contributed by atoms with Gasteiger partial charge in [0.15, 0.2) is 23.0 Å². The minimum Gasteiger partial charge on any atom is -0.493 e. The van der Waals surface area contributed by atoms with E-state index >= 15 is 0 Å². The molecule has 0 atom stereocenters. The van der Waals surface area contributed by atoms with Crippen LogP contribution < -0.4 is 18.9 Å². The predicted molar refractivity (Wildman–Crippen MR) is 119 cm³/mol. The molecule has 0 N–H and O–H groups in total. The van der Waals surface area contributed by atoms with E-state index in [-0.39, 0.29) is 12.2 Å². The van der Waals surface area contributed by atoms with Gasteiger partial charge in [0.25, 0.3) is 0 Å². The molecule has 0 aliphatic heterocycles. The highest BCUT2D eigenvalue weighted by atomic mass is 127. The third-order valence-electron chi connectivity index (χ3n) is 4.06. The van der Waals surface area contributed by atoms with Gasteiger partial charge in [-0.05, 0) is 74.6 Å². The van der Waals surface area contributed by atoms with Crippen molar-refractivity contribution in [1.82, 2.24) is 0 Å². The number of ether oxygens (including phenoxy) is 4. The molecule has 2 aromatic carbocycles. The van der Waals surface area contributed by atoms with E-state index in [2.05, 4.69) is 22.6 Å². The molecule has 28 heavy (non-hydrogen) atoms. The molecule has 150 valence electrons. The number of fused-ring (bicyclic) bond motifs is 1. The maximum Gasteiger partial charge on any atom is 0.165 e. The van der Waals surface area contributed by atoms with Gasteiger partial charge in [-0.1, -0.05) is 0 Å². The maximum atomic E-state index is 6.20. The van der Waals surface area contributed by atoms with Crippen LogP contribution in [0.15, 0.2) is 34.7 Å². The zero-order valence-electron chi connectivity index (χ0n) is 17.0. The number of halogens is 1. The van der Waals surface area contributed by atoms with Crippen molar-refractivity contribution < 1.29 is 23.4 Å². The van der Waals surface area contributed by atoms with Gasteiger partial charge >= 0.3 is 0 Å². The Hall–Kier alpha value is -2.09. The fraction of sp³-hybridized carbons (Fsp3) is 0.364. The largest absolute Gasteiger partial charge is 0.493 e. The van der Waals surface area contributed by atoms with Crippen molar-refractivity contribution in [3.63, 3.8) is 0 Å². The average Bonchev–Trinajstić information content (AvgIpc) is 2.95. The summed E-state index contributed by atoms with van der Waals surface area (Å²) in [5.74, 6) is 3.51. The molecule has 0 aliphatic carbocycles. The lowest BCUT2D eigenvalue weighted by Crippen LogP contribution is -2.06. The second-order valence-electron chi connectivity index (χ2n) is 6.94. The van der Waals surface area contributed by atoms with Crippen LogP contribution in [0, 0.1) is 3.57 Å². The third kappa shape index (κ3) is 4.16. The number of methoxy groups -OCH3 is 2. The number of hydrogen-bond donors (Lipinski definition) is 0. The Kier molecular flexibility index (Phi) is 6.27. The summed E-state index contributed by atoms with van der Waals surface area (Å²) in [5.41, 5.74) is 1.67. The van der Waals surface area contributed by atoms with E-state index in [0.29, 0.717) is 23.0 Å². The minimum atomic E-state index is 0.0391. The number of benzene rings is 2. The summed E-state index contributed by atoms with van der Waals surface area (Å²) in [4.78, 5) is 0. The summed E-state index contributed by atoms with van der Waals surface area (Å²) in [7, 11) is 3.27. The fourth-order valence-electron chi connectivity index (χ4n) is 2.93. The Morgan fingerprint density at radius 1 is 0.786 bits per heavy atom. The van der Waals surface area contributed by atoms with Crippen molar-refractivity contribution in [3.05, 3.63) is 33.9 Å². The highest BCUT2D eigenvalue weighted by Gasteiger charge is 2.19. The molecule has 6 heteroatoms. The molecular formula is C22H25IO5. The van der Waals surface area contributed by atoms with Crippen LogP contribution in [0.2, 0.25) is 0 Å². The second-order valence-corrected chi connectivity index (χ2v) is 8.02. The lowest BCUT2D eigenvalue weighted by Gasteiger charge is -2.14. The molecule has 1 aromatic heterocycles. The number of furan rings is 1. The third-order valence-corrected chi connectivity index (χ3v) is 5.14. The SMILES string of the molecule is COc1ccc(-c2oc3cc(OC(C)C)c(OC)cc3c2I)cc1OC(C)C. The lowest BCUT2D eigenvalue weighted by atomic mass is 10.1. The van der Waals surface area contributed by atoms with Gasteiger partial charge in [-0.2, -0.15) is 0 Å². The van der Waals surface area contributed by atoms with Gasteiger partial charge in [0.05, 0.1) is 30.0 Å². The van der Waals surface area contributed by atoms with Gasteiger partial charge < -0.3 is 23.4 Å². The fourth-order valence-corrected chi connectivity index (χ4v) is 3.77. The first kappa shape index (κ1) is 20.6. The molecule has 0 aliphatic rings. The van der Waals surface area contributed by atoms with Crippen molar-refractivity contribution in [1.29, 1.82) is 0 Å². The average molecular weight is 496 g/mol. The number of hydrogen-bond acceptors (Lipinski definition) is 5. The summed E-state index contributed by atoms with van der Waals surface area (Å²) in [6.45, 7) is 7.93. The Morgan fingerprint density at radius 3 is 1.96 bits per heavy atom. The van der Waals surface area contributed by atoms with E-state index in [1.165, 1.54) is 0 Å². The smallest absolute Gasteiger partial charge is 0.165 e. The molecule has 3 rings (SSSR count). The van der Waals surface area contributed by atoms with Gasteiger partial charge in [0, 0.05) is 17.0 Å². The summed E-state index contributed by atoms with van der Waals surface area (Å²) in [5, 5.41) is 0.978. The molecule has 0 radical (unpaired) electrons. The van der Waals surface area contributed by atoms with Gasteiger partial charge in [-0.25, -0.2) is 0 Å². The monoisotopic (exact) mass is 496 g/mol. The molecular weight excluding hydrogens is 471 g/mol. The van der Waals surface area contributed by atoms with E-state index in [9.17, 15) is 0 Å². The highest BCUT2D eigenvalue weighted by Crippen LogP contribution is 2.42. The van der Waals surface area contributed by atoms with E-state index in [4.69, 9.17) is 23.4 Å². The van der Waals surface area contributed by atoms with Crippen LogP contribution in [0.1, 0.15) is 27.7 Å². The van der Waals surface area contributed by atoms with E-state index in [1.54, 1.807) is 14.2 Å². The van der Waals surface area contributed by atoms with E-state index < -0.39 is 0 Å². The van der Waals surface area contributed by atoms with Crippen molar-refractivity contribution in [2.24, 2.45) is 0 Å². The van der Waals surface area contributed by atoms with Crippen molar-refractivity contribution >= 4 is 33.6 Å². The van der Waals surface area contributed by atoms with Crippen LogP contribution in [0.3, 0.4) is 0 Å². The minimum absolute atomic E-state index is 0.0391. The van der Waals surface area contributed by atoms with Crippen molar-refractivity contribution in [3.8, 4) is 34.3 Å². The van der Waals surface area contributed by atoms with Crippen LogP contribution >= 0.6 is 22.6 Å². The van der Waals surface area contributed by atoms with Crippen LogP contribution in [0.25, 0.3) is 22.3 Å². The zero-order valence-corrected chi connectivity index (χ0v) is 19.1. The summed E-state index contributed by atoms with van der Waals surface area (Å²) in [6, 6.07) is 9.64. The van der Waals surface area contributed by atoms with Crippen LogP contribution in [0.5, 0.6) is 23.0 Å². The Morgan fingerprint density at radius 2 is 1.39 bits per heavy atom. The second kappa shape index (κ2) is 8.51. The van der Waals surface area contributed by atoms with Crippen molar-refractivity contribution in [2.45, 2.75) is 39.9 Å². The Balaban J connectivity index is 2.12. The first-order valence-electron chi connectivity index (χ1n) is 9.15. The molecule has 0 fully saturated rings. The molecule has 5 nitrogen and oxygen atoms in total. The van der Waals surface area contributed by atoms with Crippen LogP contribution in [-0.2, 0) is 0 Å². The van der Waals surface area contributed by atoms with E-state index in [0.717, 1.165) is 25.9 Å². The molecule has 1 heterocycles. The quantitative estimate of drug-likeness (QED) is 0.360. The molecule has 0 unspecified atom stereocenters. The van der Waals surface area contributed by atoms with Crippen LogP contribution in [0.4, 0.5) is 0 Å². The first-order chi connectivity index (χ1) is 13.3. The Bertz CT molecular complexity index is 975. The zero-order chi connectivity index (χ0) is 20.4. The topological polar surface area (TPSA) is 50.1 Å². The van der Waals surface area contributed by atoms with E-state index in [1.807, 2.05) is 58.0 Å². The standard InChI is InChI=1S/C22H25IO5/c1-12(2)26-19-9-14(7-8-16(19)24-5)22-21(23)15-10-18(25-6)20(27-13(3)4)11-17(15)28-22/h7-13H,1-6H3. The van der Waals surface area contributed by atoms with Gasteiger partial charge in [0.1, 0.15) is 11.3 Å². The Labute approximate surface area is 179 Å². The maximum absolute atomic E-state index is 6.20. The molecule has 0 spiro atoms. The molecule has 0 saturated carbocycles. The van der Waals surface area contributed by atoms with Gasteiger partial charge in [-0.15, -0.1) is 0 Å². The van der Waals surface area contributed by atoms with Crippen molar-refractivity contribution in [2.75, 3.05) is 14.2 Å². The number of rotatable bonds is 7. The molecule has 0 amide bonds. The predicted octanol–water partition coefficient (Wildman–Crippen LogP) is 6.30. The summed E-state index contributed by atoms with van der Waals surface area (Å²) >= 11 is 2.30. The lowest BCUT2D eigenvalue weighted by molar-refractivity contribution is 0.230. The summed E-state index contributed by atoms with van der Waals surface area (Å²) < 4.78 is 29.9. The molecule has 0 saturated heterocycles. The van der Waals surface area contributed by atoms with Gasteiger partial charge in [-0.3, -0.25) is 0 Å². The normalized spacial score (nSPS) is 11.3. The molecule has 0 bridgehead atoms. The highest BCUT2D eigenvalue weighted by molar-refractivity contribution is 14.1. The van der Waals surface area contributed by atoms with Gasteiger partial charge in [0.2, 0.25) is 0 Å².